The first kappa shape index (κ1) is 45.3. The Kier molecular flexibility index (Phi) is 16.4. The standard InChI is InChI=1S/C54H71N2PS/c1-35(2)42-31-47(37(5)6)51(48(32-42)38(7)8)53(52-49(39(9)10)33-43(36(3)4)34-50(52)40(11)12)56-54(58)55-44(30-41-22-16-13-17-23-41)28-29-57(45-24-18-14-19-25-45)46-26-20-15-21-27-46/h13-27,31-40,44,53H,28-30H2,1-12H3,(H2,55,56,58)/t44-/m1/s1. The number of hydrogen-bond donors (Lipinski definition) is 2. The molecular formula is C54H71N2PS. The smallest absolute Gasteiger partial charge is 0.167 e. The molecule has 5 aromatic rings. The molecular weight excluding hydrogens is 740 g/mol. The van der Waals surface area contributed by atoms with Gasteiger partial charge in [-0.15, -0.1) is 0 Å². The Hall–Kier alpha value is -3.78. The average molecular weight is 811 g/mol. The van der Waals surface area contributed by atoms with Gasteiger partial charge in [-0.25, -0.2) is 0 Å². The van der Waals surface area contributed by atoms with Gasteiger partial charge in [-0.3, -0.25) is 0 Å². The minimum Gasteiger partial charge on any atom is -0.360 e. The molecule has 5 aromatic carbocycles. The van der Waals surface area contributed by atoms with E-state index in [0.717, 1.165) is 24.1 Å². The number of rotatable bonds is 17. The maximum atomic E-state index is 6.54. The van der Waals surface area contributed by atoms with Gasteiger partial charge in [0.25, 0.3) is 0 Å². The molecule has 0 fully saturated rings. The Morgan fingerprint density at radius 2 is 0.845 bits per heavy atom. The molecule has 4 heteroatoms. The first-order valence-electron chi connectivity index (χ1n) is 22.0. The molecule has 0 saturated heterocycles. The molecule has 0 aliphatic heterocycles. The van der Waals surface area contributed by atoms with Crippen molar-refractivity contribution < 1.29 is 0 Å². The van der Waals surface area contributed by atoms with Gasteiger partial charge in [-0.1, -0.05) is 198 Å². The van der Waals surface area contributed by atoms with Crippen LogP contribution in [0, 0.1) is 0 Å². The maximum Gasteiger partial charge on any atom is 0.167 e. The molecule has 0 heterocycles. The Bertz CT molecular complexity index is 1880. The van der Waals surface area contributed by atoms with Crippen LogP contribution in [0.4, 0.5) is 0 Å². The molecule has 0 unspecified atom stereocenters. The summed E-state index contributed by atoms with van der Waals surface area (Å²) in [6, 6.07) is 43.2. The molecule has 0 spiro atoms. The average Bonchev–Trinajstić information content (AvgIpc) is 3.20. The molecule has 1 atom stereocenters. The Balaban J connectivity index is 1.65. The summed E-state index contributed by atoms with van der Waals surface area (Å²) in [6.45, 7) is 28.2. The van der Waals surface area contributed by atoms with Crippen LogP contribution in [-0.2, 0) is 6.42 Å². The predicted molar refractivity (Wildman–Crippen MR) is 261 cm³/mol. The van der Waals surface area contributed by atoms with E-state index in [1.54, 1.807) is 0 Å². The molecule has 308 valence electrons. The van der Waals surface area contributed by atoms with Gasteiger partial charge in [-0.05, 0) is 135 Å². The first-order chi connectivity index (χ1) is 27.7. The van der Waals surface area contributed by atoms with Gasteiger partial charge in [0, 0.05) is 6.04 Å². The van der Waals surface area contributed by atoms with Crippen molar-refractivity contribution in [2.24, 2.45) is 0 Å². The van der Waals surface area contributed by atoms with Crippen LogP contribution in [-0.4, -0.2) is 17.3 Å². The lowest BCUT2D eigenvalue weighted by Crippen LogP contribution is -2.45. The molecule has 5 rings (SSSR count). The highest BCUT2D eigenvalue weighted by molar-refractivity contribution is 7.80. The van der Waals surface area contributed by atoms with Crippen LogP contribution in [0.15, 0.2) is 115 Å². The number of benzene rings is 5. The monoisotopic (exact) mass is 811 g/mol. The van der Waals surface area contributed by atoms with Gasteiger partial charge in [0.2, 0.25) is 0 Å². The lowest BCUT2D eigenvalue weighted by Gasteiger charge is -2.35. The van der Waals surface area contributed by atoms with E-state index in [1.807, 2.05) is 0 Å². The minimum atomic E-state index is -0.540. The molecule has 0 saturated carbocycles. The van der Waals surface area contributed by atoms with Crippen molar-refractivity contribution in [1.82, 2.24) is 10.6 Å². The fourth-order valence-corrected chi connectivity index (χ4v) is 11.1. The van der Waals surface area contributed by atoms with Crippen LogP contribution < -0.4 is 21.2 Å². The predicted octanol–water partition coefficient (Wildman–Crippen LogP) is 14.1. The zero-order valence-corrected chi connectivity index (χ0v) is 39.3. The van der Waals surface area contributed by atoms with Crippen LogP contribution >= 0.6 is 20.1 Å². The molecule has 2 nitrogen and oxygen atoms in total. The van der Waals surface area contributed by atoms with E-state index in [1.165, 1.54) is 60.7 Å². The third kappa shape index (κ3) is 11.5. The van der Waals surface area contributed by atoms with E-state index in [4.69, 9.17) is 12.2 Å². The van der Waals surface area contributed by atoms with Gasteiger partial charge >= 0.3 is 0 Å². The molecule has 58 heavy (non-hydrogen) atoms. The summed E-state index contributed by atoms with van der Waals surface area (Å²) >= 11 is 6.54. The van der Waals surface area contributed by atoms with Crippen molar-refractivity contribution in [3.05, 3.63) is 165 Å². The van der Waals surface area contributed by atoms with Gasteiger partial charge < -0.3 is 10.6 Å². The summed E-state index contributed by atoms with van der Waals surface area (Å²) in [6.07, 6.45) is 2.96. The van der Waals surface area contributed by atoms with Crippen molar-refractivity contribution in [2.45, 2.75) is 144 Å². The number of nitrogens with one attached hydrogen (secondary N) is 2. The molecule has 2 N–H and O–H groups in total. The lowest BCUT2D eigenvalue weighted by molar-refractivity contribution is 0.571. The largest absolute Gasteiger partial charge is 0.360 e. The lowest BCUT2D eigenvalue weighted by atomic mass is 9.75. The summed E-state index contributed by atoms with van der Waals surface area (Å²) in [5.74, 6) is 2.26. The van der Waals surface area contributed by atoms with Gasteiger partial charge in [0.15, 0.2) is 5.11 Å². The highest BCUT2D eigenvalue weighted by atomic mass is 32.1. The third-order valence-electron chi connectivity index (χ3n) is 11.7. The third-order valence-corrected chi connectivity index (χ3v) is 14.5. The molecule has 0 bridgehead atoms. The molecule has 0 aromatic heterocycles. The van der Waals surface area contributed by atoms with Crippen molar-refractivity contribution >= 4 is 35.9 Å². The van der Waals surface area contributed by atoms with Gasteiger partial charge in [0.1, 0.15) is 0 Å². The Labute approximate surface area is 359 Å². The van der Waals surface area contributed by atoms with Gasteiger partial charge in [0.05, 0.1) is 6.04 Å². The Morgan fingerprint density at radius 1 is 0.483 bits per heavy atom. The fourth-order valence-electron chi connectivity index (χ4n) is 8.37. The van der Waals surface area contributed by atoms with E-state index in [9.17, 15) is 0 Å². The molecule has 0 aliphatic rings. The second-order valence-corrected chi connectivity index (χ2v) is 20.9. The summed E-state index contributed by atoms with van der Waals surface area (Å²) < 4.78 is 0. The first-order valence-corrected chi connectivity index (χ1v) is 23.9. The van der Waals surface area contributed by atoms with Crippen molar-refractivity contribution in [1.29, 1.82) is 0 Å². The van der Waals surface area contributed by atoms with Crippen molar-refractivity contribution in [2.75, 3.05) is 6.16 Å². The van der Waals surface area contributed by atoms with Crippen LogP contribution in [0.25, 0.3) is 0 Å². The quantitative estimate of drug-likeness (QED) is 0.0723. The van der Waals surface area contributed by atoms with Crippen LogP contribution in [0.5, 0.6) is 0 Å². The second kappa shape index (κ2) is 21.0. The second-order valence-electron chi connectivity index (χ2n) is 18.2. The van der Waals surface area contributed by atoms with E-state index >= 15 is 0 Å². The normalized spacial score (nSPS) is 12.6. The summed E-state index contributed by atoms with van der Waals surface area (Å²) in [5.41, 5.74) is 12.6. The van der Waals surface area contributed by atoms with E-state index in [2.05, 4.69) is 209 Å². The van der Waals surface area contributed by atoms with E-state index in [0.29, 0.717) is 35.5 Å². The minimum absolute atomic E-state index is 0.116. The highest BCUT2D eigenvalue weighted by Gasteiger charge is 2.31. The topological polar surface area (TPSA) is 24.1 Å². The molecule has 0 amide bonds. The highest BCUT2D eigenvalue weighted by Crippen LogP contribution is 2.44. The fraction of sp³-hybridized carbons (Fsp3) is 0.426. The van der Waals surface area contributed by atoms with Gasteiger partial charge in [-0.2, -0.15) is 0 Å². The number of thiocarbonyl (C=S) groups is 1. The molecule has 0 radical (unpaired) electrons. The van der Waals surface area contributed by atoms with Crippen molar-refractivity contribution in [3.8, 4) is 0 Å². The SMILES string of the molecule is CC(C)c1cc(C(C)C)c(C(NC(=S)N[C@H](CCP(c2ccccc2)c2ccccc2)Cc2ccccc2)c2c(C(C)C)cc(C(C)C)cc2C(C)C)c(C(C)C)c1. The van der Waals surface area contributed by atoms with Crippen LogP contribution in [0.2, 0.25) is 0 Å². The summed E-state index contributed by atoms with van der Waals surface area (Å²) in [4.78, 5) is 0. The van der Waals surface area contributed by atoms with Crippen molar-refractivity contribution in [3.63, 3.8) is 0 Å². The zero-order chi connectivity index (χ0) is 42.1. The zero-order valence-electron chi connectivity index (χ0n) is 37.6. The maximum absolute atomic E-state index is 6.54. The summed E-state index contributed by atoms with van der Waals surface area (Å²) in [7, 11) is -0.540. The van der Waals surface area contributed by atoms with Crippen LogP contribution in [0.3, 0.4) is 0 Å². The van der Waals surface area contributed by atoms with E-state index < -0.39 is 7.92 Å². The summed E-state index contributed by atoms with van der Waals surface area (Å²) in [5, 5.41) is 11.7. The van der Waals surface area contributed by atoms with Crippen LogP contribution in [0.1, 0.15) is 181 Å². The number of hydrogen-bond acceptors (Lipinski definition) is 1. The van der Waals surface area contributed by atoms with E-state index in [-0.39, 0.29) is 12.1 Å². The molecule has 0 aliphatic carbocycles. The Morgan fingerprint density at radius 3 is 1.19 bits per heavy atom.